The number of hydrogen-bond donors (Lipinski definition) is 0. The number of fused-ring (bicyclic) bond motifs is 1. The molecule has 7 nitrogen and oxygen atoms in total. The van der Waals surface area contributed by atoms with Crippen LogP contribution in [-0.2, 0) is 20.9 Å². The Kier molecular flexibility index (Phi) is 5.52. The summed E-state index contributed by atoms with van der Waals surface area (Å²) in [6, 6.07) is 9.22. The van der Waals surface area contributed by atoms with E-state index >= 15 is 0 Å². The number of methoxy groups -OCH3 is 2. The molecule has 2 aromatic rings. The minimum Gasteiger partial charge on any atom is -0.493 e. The fraction of sp³-hybridized carbons (Fsp3) is 0.417. The largest absolute Gasteiger partial charge is 0.493 e. The van der Waals surface area contributed by atoms with Crippen molar-refractivity contribution in [2.24, 2.45) is 5.92 Å². The summed E-state index contributed by atoms with van der Waals surface area (Å²) in [6.07, 6.45) is 1.51. The van der Waals surface area contributed by atoms with E-state index in [1.165, 1.54) is 0 Å². The van der Waals surface area contributed by atoms with Crippen molar-refractivity contribution in [2.45, 2.75) is 38.9 Å². The van der Waals surface area contributed by atoms with Gasteiger partial charge in [0.25, 0.3) is 0 Å². The first-order chi connectivity index (χ1) is 14.9. The SMILES string of the molecule is COc1ccc(-c2ccc3c(c2)COC3=O)c(OCC2(OC(=O)C(C)C)CC2)c1OC. The summed E-state index contributed by atoms with van der Waals surface area (Å²) in [5.41, 5.74) is 2.44. The molecule has 7 heteroatoms. The molecule has 0 radical (unpaired) electrons. The molecule has 1 aliphatic heterocycles. The van der Waals surface area contributed by atoms with Gasteiger partial charge in [0, 0.05) is 11.1 Å². The van der Waals surface area contributed by atoms with Gasteiger partial charge >= 0.3 is 11.9 Å². The molecular formula is C24H26O7. The zero-order chi connectivity index (χ0) is 22.2. The van der Waals surface area contributed by atoms with E-state index in [9.17, 15) is 9.59 Å². The minimum atomic E-state index is -0.606. The van der Waals surface area contributed by atoms with Gasteiger partial charge in [0.1, 0.15) is 18.8 Å². The van der Waals surface area contributed by atoms with Crippen molar-refractivity contribution < 1.29 is 33.3 Å². The molecule has 0 saturated heterocycles. The maximum atomic E-state index is 12.1. The van der Waals surface area contributed by atoms with Crippen molar-refractivity contribution in [3.63, 3.8) is 0 Å². The van der Waals surface area contributed by atoms with Crippen molar-refractivity contribution in [1.29, 1.82) is 0 Å². The van der Waals surface area contributed by atoms with Gasteiger partial charge < -0.3 is 23.7 Å². The molecule has 0 unspecified atom stereocenters. The number of benzene rings is 2. The van der Waals surface area contributed by atoms with Gasteiger partial charge in [0.2, 0.25) is 5.75 Å². The van der Waals surface area contributed by atoms with E-state index < -0.39 is 5.60 Å². The Hall–Kier alpha value is -3.22. The fourth-order valence-corrected chi connectivity index (χ4v) is 3.52. The predicted octanol–water partition coefficient (Wildman–Crippen LogP) is 4.15. The molecule has 4 rings (SSSR count). The molecule has 0 aromatic heterocycles. The molecule has 1 heterocycles. The van der Waals surface area contributed by atoms with Crippen molar-refractivity contribution in [2.75, 3.05) is 20.8 Å². The van der Waals surface area contributed by atoms with Crippen LogP contribution in [-0.4, -0.2) is 38.4 Å². The lowest BCUT2D eigenvalue weighted by Gasteiger charge is -2.22. The lowest BCUT2D eigenvalue weighted by molar-refractivity contribution is -0.156. The maximum absolute atomic E-state index is 12.1. The van der Waals surface area contributed by atoms with Crippen LogP contribution in [0.1, 0.15) is 42.6 Å². The van der Waals surface area contributed by atoms with Crippen molar-refractivity contribution >= 4 is 11.9 Å². The first-order valence-electron chi connectivity index (χ1n) is 10.3. The number of esters is 2. The van der Waals surface area contributed by atoms with Crippen molar-refractivity contribution in [3.8, 4) is 28.4 Å². The van der Waals surface area contributed by atoms with Gasteiger partial charge in [0.15, 0.2) is 11.5 Å². The molecule has 2 aliphatic rings. The zero-order valence-electron chi connectivity index (χ0n) is 18.2. The summed E-state index contributed by atoms with van der Waals surface area (Å²) < 4.78 is 28.1. The number of carbonyl (C=O) groups is 2. The average molecular weight is 426 g/mol. The number of ether oxygens (including phenoxy) is 5. The second-order valence-corrected chi connectivity index (χ2v) is 8.17. The first kappa shape index (κ1) is 21.0. The van der Waals surface area contributed by atoms with E-state index in [-0.39, 0.29) is 31.1 Å². The number of cyclic esters (lactones) is 1. The van der Waals surface area contributed by atoms with E-state index in [1.54, 1.807) is 20.3 Å². The smallest absolute Gasteiger partial charge is 0.338 e. The number of carbonyl (C=O) groups excluding carboxylic acids is 2. The Balaban J connectivity index is 1.67. The van der Waals surface area contributed by atoms with Crippen LogP contribution >= 0.6 is 0 Å². The van der Waals surface area contributed by atoms with Gasteiger partial charge in [-0.1, -0.05) is 19.9 Å². The van der Waals surface area contributed by atoms with Gasteiger partial charge in [-0.15, -0.1) is 0 Å². The fourth-order valence-electron chi connectivity index (χ4n) is 3.52. The molecule has 1 saturated carbocycles. The van der Waals surface area contributed by atoms with Crippen LogP contribution < -0.4 is 14.2 Å². The second-order valence-electron chi connectivity index (χ2n) is 8.17. The minimum absolute atomic E-state index is 0.198. The first-order valence-corrected chi connectivity index (χ1v) is 10.3. The van der Waals surface area contributed by atoms with E-state index in [0.717, 1.165) is 29.5 Å². The van der Waals surface area contributed by atoms with Crippen LogP contribution in [0.3, 0.4) is 0 Å². The van der Waals surface area contributed by atoms with E-state index in [1.807, 2.05) is 38.1 Å². The van der Waals surface area contributed by atoms with Crippen LogP contribution in [0.4, 0.5) is 0 Å². The molecule has 1 fully saturated rings. The van der Waals surface area contributed by atoms with Crippen LogP contribution in [0.25, 0.3) is 11.1 Å². The molecule has 2 aromatic carbocycles. The van der Waals surface area contributed by atoms with Gasteiger partial charge in [-0.2, -0.15) is 0 Å². The third kappa shape index (κ3) is 4.04. The van der Waals surface area contributed by atoms with Gasteiger partial charge in [0.05, 0.1) is 25.7 Å². The number of rotatable bonds is 8. The predicted molar refractivity (Wildman–Crippen MR) is 112 cm³/mol. The molecule has 0 atom stereocenters. The van der Waals surface area contributed by atoms with Gasteiger partial charge in [-0.3, -0.25) is 4.79 Å². The molecule has 164 valence electrons. The Bertz CT molecular complexity index is 1020. The van der Waals surface area contributed by atoms with E-state index in [2.05, 4.69) is 0 Å². The Morgan fingerprint density at radius 3 is 2.45 bits per heavy atom. The highest BCUT2D eigenvalue weighted by molar-refractivity contribution is 5.94. The van der Waals surface area contributed by atoms with E-state index in [0.29, 0.717) is 22.8 Å². The summed E-state index contributed by atoms with van der Waals surface area (Å²) in [5, 5.41) is 0. The van der Waals surface area contributed by atoms with Gasteiger partial charge in [-0.05, 0) is 42.7 Å². The third-order valence-corrected chi connectivity index (χ3v) is 5.57. The van der Waals surface area contributed by atoms with Crippen molar-refractivity contribution in [3.05, 3.63) is 41.5 Å². The zero-order valence-corrected chi connectivity index (χ0v) is 18.2. The normalized spacial score (nSPS) is 15.8. The highest BCUT2D eigenvalue weighted by Gasteiger charge is 2.48. The maximum Gasteiger partial charge on any atom is 0.338 e. The molecule has 0 bridgehead atoms. The van der Waals surface area contributed by atoms with Crippen LogP contribution in [0, 0.1) is 5.92 Å². The van der Waals surface area contributed by atoms with Crippen LogP contribution in [0.2, 0.25) is 0 Å². The summed E-state index contributed by atoms with van der Waals surface area (Å²) >= 11 is 0. The Labute approximate surface area is 181 Å². The molecule has 31 heavy (non-hydrogen) atoms. The van der Waals surface area contributed by atoms with Crippen LogP contribution in [0.15, 0.2) is 30.3 Å². The third-order valence-electron chi connectivity index (χ3n) is 5.57. The summed E-state index contributed by atoms with van der Waals surface area (Å²) in [5.74, 6) is 0.744. The Morgan fingerprint density at radius 2 is 1.81 bits per heavy atom. The molecule has 0 N–H and O–H groups in total. The molecular weight excluding hydrogens is 400 g/mol. The van der Waals surface area contributed by atoms with E-state index in [4.69, 9.17) is 23.7 Å². The lowest BCUT2D eigenvalue weighted by atomic mass is 9.99. The van der Waals surface area contributed by atoms with Gasteiger partial charge in [-0.25, -0.2) is 4.79 Å². The number of hydrogen-bond acceptors (Lipinski definition) is 7. The summed E-state index contributed by atoms with van der Waals surface area (Å²) in [4.78, 5) is 23.9. The molecule has 0 spiro atoms. The Morgan fingerprint density at radius 1 is 1.06 bits per heavy atom. The highest BCUT2D eigenvalue weighted by atomic mass is 16.6. The summed E-state index contributed by atoms with van der Waals surface area (Å²) in [6.45, 7) is 4.09. The topological polar surface area (TPSA) is 80.3 Å². The summed E-state index contributed by atoms with van der Waals surface area (Å²) in [7, 11) is 3.11. The van der Waals surface area contributed by atoms with Crippen molar-refractivity contribution in [1.82, 2.24) is 0 Å². The standard InChI is InChI=1S/C24H26O7/c1-14(2)22(25)31-24(9-10-24)13-30-20-17(7-8-19(27-3)21(20)28-4)15-5-6-18-16(11-15)12-29-23(18)26/h5-8,11,14H,9-10,12-13H2,1-4H3. The van der Waals surface area contributed by atoms with Crippen LogP contribution in [0.5, 0.6) is 17.2 Å². The highest BCUT2D eigenvalue weighted by Crippen LogP contribution is 2.47. The quantitative estimate of drug-likeness (QED) is 0.587. The molecule has 1 aliphatic carbocycles. The lowest BCUT2D eigenvalue weighted by Crippen LogP contribution is -2.29. The average Bonchev–Trinajstić information content (AvgIpc) is 3.44. The monoisotopic (exact) mass is 426 g/mol. The second kappa shape index (κ2) is 8.13. The molecule has 0 amide bonds.